The van der Waals surface area contributed by atoms with Crippen LogP contribution in [0.4, 0.5) is 0 Å². The number of nitrogens with one attached hydrogen (secondary N) is 2. The molecule has 0 spiro atoms. The van der Waals surface area contributed by atoms with Crippen molar-refractivity contribution in [2.24, 2.45) is 0 Å². The SMILES string of the molecule is COc1ccccc1-c1n[nH]c(=S)n1NCc1ccco1. The van der Waals surface area contributed by atoms with Gasteiger partial charge in [-0.1, -0.05) is 12.1 Å². The molecule has 7 heteroatoms. The van der Waals surface area contributed by atoms with E-state index < -0.39 is 0 Å². The Bertz CT molecular complexity index is 776. The molecule has 6 nitrogen and oxygen atoms in total. The summed E-state index contributed by atoms with van der Waals surface area (Å²) < 4.78 is 12.8. The van der Waals surface area contributed by atoms with Crippen LogP contribution in [0.25, 0.3) is 11.4 Å². The second-order valence-electron chi connectivity index (χ2n) is 4.30. The van der Waals surface area contributed by atoms with Gasteiger partial charge in [0.2, 0.25) is 4.77 Å². The van der Waals surface area contributed by atoms with Crippen molar-refractivity contribution < 1.29 is 9.15 Å². The topological polar surface area (TPSA) is 68.0 Å². The normalized spacial score (nSPS) is 10.5. The maximum Gasteiger partial charge on any atom is 0.214 e. The number of methoxy groups -OCH3 is 1. The fraction of sp³-hybridized carbons (Fsp3) is 0.143. The highest BCUT2D eigenvalue weighted by molar-refractivity contribution is 7.71. The molecule has 0 atom stereocenters. The monoisotopic (exact) mass is 302 g/mol. The smallest absolute Gasteiger partial charge is 0.214 e. The lowest BCUT2D eigenvalue weighted by Crippen LogP contribution is -2.15. The molecule has 0 aliphatic rings. The minimum Gasteiger partial charge on any atom is -0.496 e. The Kier molecular flexibility index (Phi) is 3.74. The number of hydrogen-bond donors (Lipinski definition) is 2. The van der Waals surface area contributed by atoms with Gasteiger partial charge < -0.3 is 14.6 Å². The van der Waals surface area contributed by atoms with Gasteiger partial charge in [0.1, 0.15) is 11.5 Å². The van der Waals surface area contributed by atoms with Crippen molar-refractivity contribution in [3.63, 3.8) is 0 Å². The highest BCUT2D eigenvalue weighted by Gasteiger charge is 2.13. The van der Waals surface area contributed by atoms with Crippen LogP contribution in [-0.4, -0.2) is 22.0 Å². The summed E-state index contributed by atoms with van der Waals surface area (Å²) in [6, 6.07) is 11.4. The fourth-order valence-electron chi connectivity index (χ4n) is 2.02. The van der Waals surface area contributed by atoms with E-state index in [4.69, 9.17) is 21.4 Å². The number of benzene rings is 1. The highest BCUT2D eigenvalue weighted by atomic mass is 32.1. The molecule has 0 aliphatic carbocycles. The number of aromatic nitrogens is 3. The van der Waals surface area contributed by atoms with Gasteiger partial charge in [0.25, 0.3) is 0 Å². The Hall–Kier alpha value is -2.54. The van der Waals surface area contributed by atoms with E-state index >= 15 is 0 Å². The second-order valence-corrected chi connectivity index (χ2v) is 4.69. The molecule has 108 valence electrons. The zero-order valence-corrected chi connectivity index (χ0v) is 12.2. The lowest BCUT2D eigenvalue weighted by Gasteiger charge is -2.11. The highest BCUT2D eigenvalue weighted by Crippen LogP contribution is 2.27. The molecule has 0 unspecified atom stereocenters. The molecule has 0 amide bonds. The van der Waals surface area contributed by atoms with E-state index in [1.54, 1.807) is 18.0 Å². The molecular formula is C14H14N4O2S. The second kappa shape index (κ2) is 5.84. The van der Waals surface area contributed by atoms with E-state index in [9.17, 15) is 0 Å². The van der Waals surface area contributed by atoms with Gasteiger partial charge in [-0.3, -0.25) is 0 Å². The molecule has 3 aromatic rings. The lowest BCUT2D eigenvalue weighted by molar-refractivity contribution is 0.416. The zero-order chi connectivity index (χ0) is 14.7. The van der Waals surface area contributed by atoms with Crippen LogP contribution < -0.4 is 10.2 Å². The number of nitrogens with zero attached hydrogens (tertiary/aromatic N) is 2. The fourth-order valence-corrected chi connectivity index (χ4v) is 2.22. The number of hydrogen-bond acceptors (Lipinski definition) is 5. The first kappa shape index (κ1) is 13.4. The summed E-state index contributed by atoms with van der Waals surface area (Å²) in [6.07, 6.45) is 1.63. The van der Waals surface area contributed by atoms with Gasteiger partial charge in [-0.2, -0.15) is 5.10 Å². The van der Waals surface area contributed by atoms with Gasteiger partial charge in [-0.25, -0.2) is 9.77 Å². The van der Waals surface area contributed by atoms with Gasteiger partial charge in [-0.15, -0.1) is 0 Å². The minimum absolute atomic E-state index is 0.475. The first-order valence-electron chi connectivity index (χ1n) is 6.36. The predicted molar refractivity (Wildman–Crippen MR) is 81.2 cm³/mol. The molecule has 0 saturated heterocycles. The molecule has 0 fully saturated rings. The van der Waals surface area contributed by atoms with Crippen LogP contribution in [0.3, 0.4) is 0 Å². The van der Waals surface area contributed by atoms with Crippen molar-refractivity contribution >= 4 is 12.2 Å². The van der Waals surface area contributed by atoms with E-state index in [2.05, 4.69) is 15.6 Å². The van der Waals surface area contributed by atoms with E-state index in [1.807, 2.05) is 36.4 Å². The van der Waals surface area contributed by atoms with Gasteiger partial charge in [0.15, 0.2) is 5.82 Å². The van der Waals surface area contributed by atoms with E-state index in [-0.39, 0.29) is 0 Å². The molecule has 1 aromatic carbocycles. The summed E-state index contributed by atoms with van der Waals surface area (Å²) in [4.78, 5) is 0. The van der Waals surface area contributed by atoms with Crippen molar-refractivity contribution in [2.75, 3.05) is 12.5 Å². The molecule has 0 radical (unpaired) electrons. The third kappa shape index (κ3) is 2.68. The van der Waals surface area contributed by atoms with Crippen LogP contribution >= 0.6 is 12.2 Å². The summed E-state index contributed by atoms with van der Waals surface area (Å²) >= 11 is 5.26. The standard InChI is InChI=1S/C14H14N4O2S/c1-19-12-7-3-2-6-11(12)13-16-17-14(21)18(13)15-9-10-5-4-8-20-10/h2-8,15H,9H2,1H3,(H,17,21). The number of aromatic amines is 1. The largest absolute Gasteiger partial charge is 0.496 e. The van der Waals surface area contributed by atoms with Gasteiger partial charge in [-0.05, 0) is 36.5 Å². The van der Waals surface area contributed by atoms with Gasteiger partial charge in [0, 0.05) is 0 Å². The molecule has 21 heavy (non-hydrogen) atoms. The average Bonchev–Trinajstić information content (AvgIpc) is 3.15. The summed E-state index contributed by atoms with van der Waals surface area (Å²) in [6.45, 7) is 0.503. The molecule has 2 N–H and O–H groups in total. The molecule has 0 saturated carbocycles. The third-order valence-electron chi connectivity index (χ3n) is 3.01. The maximum absolute atomic E-state index is 5.37. The van der Waals surface area contributed by atoms with Crippen molar-refractivity contribution in [2.45, 2.75) is 6.54 Å². The first-order chi connectivity index (χ1) is 10.3. The molecule has 2 heterocycles. The average molecular weight is 302 g/mol. The first-order valence-corrected chi connectivity index (χ1v) is 6.77. The zero-order valence-electron chi connectivity index (χ0n) is 11.4. The van der Waals surface area contributed by atoms with Gasteiger partial charge >= 0.3 is 0 Å². The Morgan fingerprint density at radius 1 is 1.33 bits per heavy atom. The molecule has 0 aliphatic heterocycles. The van der Waals surface area contributed by atoms with Crippen LogP contribution in [0.15, 0.2) is 47.1 Å². The third-order valence-corrected chi connectivity index (χ3v) is 3.29. The Morgan fingerprint density at radius 3 is 2.95 bits per heavy atom. The van der Waals surface area contributed by atoms with Crippen LogP contribution in [0, 0.1) is 4.77 Å². The summed E-state index contributed by atoms with van der Waals surface area (Å²) in [5.74, 6) is 2.20. The summed E-state index contributed by atoms with van der Waals surface area (Å²) in [5, 5.41) is 7.05. The number of H-pyrrole nitrogens is 1. The summed E-state index contributed by atoms with van der Waals surface area (Å²) in [5.41, 5.74) is 4.03. The molecule has 3 rings (SSSR count). The maximum atomic E-state index is 5.37. The Morgan fingerprint density at radius 2 is 2.19 bits per heavy atom. The number of ether oxygens (including phenoxy) is 1. The molecular weight excluding hydrogens is 288 g/mol. The predicted octanol–water partition coefficient (Wildman–Crippen LogP) is 2.95. The van der Waals surface area contributed by atoms with Crippen LogP contribution in [0.1, 0.15) is 5.76 Å². The quantitative estimate of drug-likeness (QED) is 0.709. The van der Waals surface area contributed by atoms with Crippen LogP contribution in [-0.2, 0) is 6.54 Å². The van der Waals surface area contributed by atoms with E-state index in [0.29, 0.717) is 17.1 Å². The van der Waals surface area contributed by atoms with Crippen molar-refractivity contribution in [3.05, 3.63) is 53.2 Å². The van der Waals surface area contributed by atoms with E-state index in [1.165, 1.54) is 0 Å². The van der Waals surface area contributed by atoms with Crippen molar-refractivity contribution in [1.82, 2.24) is 14.9 Å². The van der Waals surface area contributed by atoms with Crippen molar-refractivity contribution in [3.8, 4) is 17.1 Å². The van der Waals surface area contributed by atoms with Crippen LogP contribution in [0.5, 0.6) is 5.75 Å². The van der Waals surface area contributed by atoms with Gasteiger partial charge in [0.05, 0.1) is 25.5 Å². The van der Waals surface area contributed by atoms with E-state index in [0.717, 1.165) is 17.1 Å². The number of para-hydroxylation sites is 1. The Labute approximate surface area is 126 Å². The van der Waals surface area contributed by atoms with Crippen LogP contribution in [0.2, 0.25) is 0 Å². The van der Waals surface area contributed by atoms with Crippen molar-refractivity contribution in [1.29, 1.82) is 0 Å². The number of rotatable bonds is 5. The molecule has 2 aromatic heterocycles. The summed E-state index contributed by atoms with van der Waals surface area (Å²) in [7, 11) is 1.63. The lowest BCUT2D eigenvalue weighted by atomic mass is 10.2. The minimum atomic E-state index is 0.475. The number of furan rings is 1. The molecule has 0 bridgehead atoms. The Balaban J connectivity index is 1.95.